The summed E-state index contributed by atoms with van der Waals surface area (Å²) in [6.45, 7) is 3.99. The van der Waals surface area contributed by atoms with Crippen LogP contribution in [0, 0.1) is 13.8 Å². The van der Waals surface area contributed by atoms with Crippen LogP contribution in [0.15, 0.2) is 52.4 Å². The lowest BCUT2D eigenvalue weighted by Crippen LogP contribution is -2.58. The molecule has 1 aliphatic carbocycles. The lowest BCUT2D eigenvalue weighted by Gasteiger charge is -2.46. The summed E-state index contributed by atoms with van der Waals surface area (Å²) in [5, 5.41) is 0. The number of carbonyl (C=O) groups is 1. The van der Waals surface area contributed by atoms with Crippen molar-refractivity contribution < 1.29 is 4.79 Å². The minimum atomic E-state index is -0.607. The lowest BCUT2D eigenvalue weighted by atomic mass is 9.87. The van der Waals surface area contributed by atoms with Gasteiger partial charge in [-0.3, -0.25) is 20.5 Å². The number of hydrogen-bond acceptors (Lipinski definition) is 7. The van der Waals surface area contributed by atoms with E-state index in [4.69, 9.17) is 16.5 Å². The predicted octanol–water partition coefficient (Wildman–Crippen LogP) is 3.17. The summed E-state index contributed by atoms with van der Waals surface area (Å²) >= 11 is 0. The number of benzene rings is 2. The van der Waals surface area contributed by atoms with E-state index in [-0.39, 0.29) is 17.8 Å². The lowest BCUT2D eigenvalue weighted by molar-refractivity contribution is 0.0963. The molecule has 4 rings (SSSR count). The number of hydrazine groups is 1. The first-order chi connectivity index (χ1) is 14.9. The molecule has 1 saturated carbocycles. The number of aryl methyl sites for hydroxylation is 2. The number of hydrogen-bond donors (Lipinski definition) is 4. The highest BCUT2D eigenvalue weighted by Crippen LogP contribution is 2.40. The zero-order chi connectivity index (χ0) is 22.0. The number of amides is 1. The van der Waals surface area contributed by atoms with E-state index in [2.05, 4.69) is 15.8 Å². The molecule has 8 heteroatoms. The molecule has 0 atom stereocenters. The van der Waals surface area contributed by atoms with Crippen LogP contribution in [0.25, 0.3) is 0 Å². The van der Waals surface area contributed by atoms with Gasteiger partial charge in [-0.2, -0.15) is 4.99 Å². The van der Waals surface area contributed by atoms with Crippen LogP contribution >= 0.6 is 0 Å². The largest absolute Gasteiger partial charge is 0.369 e. The number of anilines is 2. The smallest absolute Gasteiger partial charge is 0.271 e. The summed E-state index contributed by atoms with van der Waals surface area (Å²) in [6, 6.07) is 13.4. The van der Waals surface area contributed by atoms with Gasteiger partial charge in [-0.25, -0.2) is 4.99 Å². The van der Waals surface area contributed by atoms with Gasteiger partial charge in [-0.1, -0.05) is 36.8 Å². The van der Waals surface area contributed by atoms with Crippen molar-refractivity contribution >= 4 is 29.2 Å². The molecule has 0 bridgehead atoms. The number of nitrogens with one attached hydrogen (secondary N) is 2. The van der Waals surface area contributed by atoms with E-state index >= 15 is 0 Å². The third kappa shape index (κ3) is 3.93. The minimum absolute atomic E-state index is 0.189. The molecule has 2 aliphatic rings. The summed E-state index contributed by atoms with van der Waals surface area (Å²) in [7, 11) is 0. The van der Waals surface area contributed by atoms with Crippen LogP contribution in [0.4, 0.5) is 11.4 Å². The molecule has 0 saturated heterocycles. The van der Waals surface area contributed by atoms with Gasteiger partial charge in [0.05, 0.1) is 16.9 Å². The first-order valence-corrected chi connectivity index (χ1v) is 10.6. The summed E-state index contributed by atoms with van der Waals surface area (Å²) in [5.41, 5.74) is 21.8. The number of guanidine groups is 2. The van der Waals surface area contributed by atoms with E-state index in [0.29, 0.717) is 11.3 Å². The van der Waals surface area contributed by atoms with Crippen molar-refractivity contribution in [3.8, 4) is 0 Å². The summed E-state index contributed by atoms with van der Waals surface area (Å²) in [5.74, 6) is 0.186. The summed E-state index contributed by atoms with van der Waals surface area (Å²) < 4.78 is 0. The fourth-order valence-corrected chi connectivity index (χ4v) is 4.53. The molecule has 0 aromatic heterocycles. The van der Waals surface area contributed by atoms with Gasteiger partial charge in [0, 0.05) is 0 Å². The fraction of sp³-hybridized carbons (Fsp3) is 0.348. The van der Waals surface area contributed by atoms with Crippen LogP contribution in [0.1, 0.15) is 53.6 Å². The van der Waals surface area contributed by atoms with Crippen LogP contribution in [0.2, 0.25) is 0 Å². The van der Waals surface area contributed by atoms with Crippen LogP contribution in [-0.4, -0.2) is 23.5 Å². The minimum Gasteiger partial charge on any atom is -0.369 e. The quantitative estimate of drug-likeness (QED) is 0.567. The topological polar surface area (TPSA) is 121 Å². The Morgan fingerprint density at radius 3 is 2.39 bits per heavy atom. The standard InChI is InChI=1S/C23H29N7O/c1-15-9-8-10-16(2)19(15)28-29-20(31)17-11-4-5-12-18(17)30-22(25)26-21(24)27-23(30)13-6-3-7-14-23/h4-5,8-12,28H,3,6-7,13-14H2,1-2H3,(H,29,31)(H4,24,25,26,27). The molecule has 6 N–H and O–H groups in total. The SMILES string of the molecule is Cc1cccc(C)c1NNC(=O)c1ccccc1N1C(N)=NC(N)=NC12CCCCC2. The van der Waals surface area contributed by atoms with Crippen LogP contribution in [0.5, 0.6) is 0 Å². The Balaban J connectivity index is 1.66. The molecular weight excluding hydrogens is 390 g/mol. The van der Waals surface area contributed by atoms with E-state index in [0.717, 1.165) is 48.9 Å². The highest BCUT2D eigenvalue weighted by molar-refractivity contribution is 6.10. The molecule has 1 amide bonds. The normalized spacial score (nSPS) is 17.7. The maximum Gasteiger partial charge on any atom is 0.271 e. The first kappa shape index (κ1) is 20.7. The van der Waals surface area contributed by atoms with Crippen molar-refractivity contribution in [3.63, 3.8) is 0 Å². The monoisotopic (exact) mass is 419 g/mol. The van der Waals surface area contributed by atoms with Crippen molar-refractivity contribution in [2.75, 3.05) is 10.3 Å². The molecule has 8 nitrogen and oxygen atoms in total. The first-order valence-electron chi connectivity index (χ1n) is 10.6. The van der Waals surface area contributed by atoms with E-state index in [1.165, 1.54) is 0 Å². The third-order valence-electron chi connectivity index (χ3n) is 6.02. The van der Waals surface area contributed by atoms with Gasteiger partial charge in [0.25, 0.3) is 5.91 Å². The average molecular weight is 420 g/mol. The number of carbonyl (C=O) groups excluding carboxylic acids is 1. The van der Waals surface area contributed by atoms with Crippen LogP contribution in [-0.2, 0) is 0 Å². The summed E-state index contributed by atoms with van der Waals surface area (Å²) in [6.07, 6.45) is 4.79. The maximum atomic E-state index is 13.2. The van der Waals surface area contributed by atoms with Gasteiger partial charge in [0.1, 0.15) is 5.66 Å². The van der Waals surface area contributed by atoms with Gasteiger partial charge < -0.3 is 11.5 Å². The molecule has 1 heterocycles. The van der Waals surface area contributed by atoms with E-state index < -0.39 is 5.66 Å². The number of nitrogens with zero attached hydrogens (tertiary/aromatic N) is 3. The molecule has 2 aromatic rings. The Labute approximate surface area is 182 Å². The molecule has 2 aromatic carbocycles. The molecule has 31 heavy (non-hydrogen) atoms. The fourth-order valence-electron chi connectivity index (χ4n) is 4.53. The number of para-hydroxylation sites is 2. The van der Waals surface area contributed by atoms with Crippen LogP contribution < -0.4 is 27.2 Å². The molecule has 1 aliphatic heterocycles. The number of aliphatic imine (C=N–C) groups is 2. The molecule has 162 valence electrons. The summed E-state index contributed by atoms with van der Waals surface area (Å²) in [4.78, 5) is 24.0. The van der Waals surface area contributed by atoms with Crippen molar-refractivity contribution in [3.05, 3.63) is 59.2 Å². The van der Waals surface area contributed by atoms with Gasteiger partial charge in [0.15, 0.2) is 0 Å². The Morgan fingerprint density at radius 2 is 1.68 bits per heavy atom. The molecular formula is C23H29N7O. The highest BCUT2D eigenvalue weighted by Gasteiger charge is 2.43. The van der Waals surface area contributed by atoms with E-state index in [9.17, 15) is 4.79 Å². The number of nitrogens with two attached hydrogens (primary N) is 2. The average Bonchev–Trinajstić information content (AvgIpc) is 2.73. The third-order valence-corrected chi connectivity index (χ3v) is 6.02. The molecule has 1 spiro atoms. The second-order valence-electron chi connectivity index (χ2n) is 8.18. The second kappa shape index (κ2) is 8.29. The molecule has 0 radical (unpaired) electrons. The van der Waals surface area contributed by atoms with Crippen molar-refractivity contribution in [1.29, 1.82) is 0 Å². The molecule has 1 fully saturated rings. The number of rotatable bonds is 4. The van der Waals surface area contributed by atoms with E-state index in [1.54, 1.807) is 6.07 Å². The Morgan fingerprint density at radius 1 is 1.00 bits per heavy atom. The Kier molecular flexibility index (Phi) is 5.54. The van der Waals surface area contributed by atoms with Crippen molar-refractivity contribution in [2.24, 2.45) is 21.5 Å². The van der Waals surface area contributed by atoms with Gasteiger partial charge >= 0.3 is 0 Å². The Bertz CT molecular complexity index is 1030. The zero-order valence-electron chi connectivity index (χ0n) is 18.0. The van der Waals surface area contributed by atoms with Gasteiger partial charge in [-0.05, 0) is 62.8 Å². The zero-order valence-corrected chi connectivity index (χ0v) is 18.0. The maximum absolute atomic E-state index is 13.2. The van der Waals surface area contributed by atoms with Gasteiger partial charge in [-0.15, -0.1) is 0 Å². The van der Waals surface area contributed by atoms with Gasteiger partial charge in [0.2, 0.25) is 11.9 Å². The molecule has 0 unspecified atom stereocenters. The van der Waals surface area contributed by atoms with Crippen molar-refractivity contribution in [2.45, 2.75) is 51.6 Å². The predicted molar refractivity (Wildman–Crippen MR) is 125 cm³/mol. The van der Waals surface area contributed by atoms with E-state index in [1.807, 2.05) is 55.1 Å². The highest BCUT2D eigenvalue weighted by atomic mass is 16.2. The van der Waals surface area contributed by atoms with Crippen LogP contribution in [0.3, 0.4) is 0 Å². The Hall–Kier alpha value is -3.55. The second-order valence-corrected chi connectivity index (χ2v) is 8.18. The van der Waals surface area contributed by atoms with Crippen molar-refractivity contribution in [1.82, 2.24) is 5.43 Å².